The predicted octanol–water partition coefficient (Wildman–Crippen LogP) is 3.73. The maximum Gasteiger partial charge on any atom is 0.295 e. The van der Waals surface area contributed by atoms with E-state index < -0.39 is 17.7 Å². The van der Waals surface area contributed by atoms with Crippen LogP contribution in [0.5, 0.6) is 11.5 Å². The van der Waals surface area contributed by atoms with Crippen LogP contribution in [0.1, 0.15) is 48.9 Å². The van der Waals surface area contributed by atoms with E-state index in [1.54, 1.807) is 23.1 Å². The lowest BCUT2D eigenvalue weighted by atomic mass is 9.93. The van der Waals surface area contributed by atoms with Crippen molar-refractivity contribution in [3.8, 4) is 11.5 Å². The van der Waals surface area contributed by atoms with Crippen molar-refractivity contribution in [2.24, 2.45) is 0 Å². The van der Waals surface area contributed by atoms with Gasteiger partial charge in [0, 0.05) is 31.7 Å². The largest absolute Gasteiger partial charge is 0.507 e. The molecule has 0 aromatic heterocycles. The number of ether oxygens (including phenoxy) is 3. The summed E-state index contributed by atoms with van der Waals surface area (Å²) in [5.41, 5.74) is 2.48. The van der Waals surface area contributed by atoms with Gasteiger partial charge >= 0.3 is 0 Å². The standard InChI is InChI=1S/C29H34N2O6/c1-19(2)20-4-6-21(7-5-20)26-25(27(32)22-8-9-23-24(18-22)37-17-16-36-23)28(33)29(34)31(26)11-3-10-30-12-14-35-15-13-30/h4-9,18-19,26,32H,3,10-17H2,1-2H3. The van der Waals surface area contributed by atoms with Crippen LogP contribution in [0.2, 0.25) is 0 Å². The van der Waals surface area contributed by atoms with Gasteiger partial charge in [-0.2, -0.15) is 0 Å². The molecule has 0 spiro atoms. The molecule has 8 heteroatoms. The van der Waals surface area contributed by atoms with Gasteiger partial charge in [-0.1, -0.05) is 38.1 Å². The van der Waals surface area contributed by atoms with Crippen LogP contribution in [0, 0.1) is 0 Å². The van der Waals surface area contributed by atoms with E-state index in [4.69, 9.17) is 14.2 Å². The Morgan fingerprint density at radius 1 is 0.946 bits per heavy atom. The number of aliphatic hydroxyl groups is 1. The first-order chi connectivity index (χ1) is 17.9. The average Bonchev–Trinajstić information content (AvgIpc) is 3.18. The van der Waals surface area contributed by atoms with Crippen LogP contribution in [-0.4, -0.2) is 79.2 Å². The van der Waals surface area contributed by atoms with Crippen molar-refractivity contribution in [1.29, 1.82) is 0 Å². The maximum absolute atomic E-state index is 13.4. The van der Waals surface area contributed by atoms with Crippen LogP contribution >= 0.6 is 0 Å². The summed E-state index contributed by atoms with van der Waals surface area (Å²) in [5.74, 6) is -0.00800. The van der Waals surface area contributed by atoms with Crippen LogP contribution in [0.4, 0.5) is 0 Å². The van der Waals surface area contributed by atoms with Crippen molar-refractivity contribution in [2.75, 3.05) is 52.6 Å². The highest BCUT2D eigenvalue weighted by molar-refractivity contribution is 6.46. The summed E-state index contributed by atoms with van der Waals surface area (Å²) >= 11 is 0. The van der Waals surface area contributed by atoms with E-state index in [9.17, 15) is 14.7 Å². The van der Waals surface area contributed by atoms with Crippen molar-refractivity contribution in [2.45, 2.75) is 32.2 Å². The number of carbonyl (C=O) groups excluding carboxylic acids is 2. The number of hydrogen-bond donors (Lipinski definition) is 1. The van der Waals surface area contributed by atoms with Gasteiger partial charge in [0.1, 0.15) is 19.0 Å². The van der Waals surface area contributed by atoms with Gasteiger partial charge in [-0.3, -0.25) is 14.5 Å². The first kappa shape index (κ1) is 25.3. The number of fused-ring (bicyclic) bond motifs is 1. The number of aliphatic hydroxyl groups excluding tert-OH is 1. The zero-order valence-corrected chi connectivity index (χ0v) is 21.4. The number of carbonyl (C=O) groups is 2. The molecule has 3 aliphatic heterocycles. The van der Waals surface area contributed by atoms with E-state index in [2.05, 4.69) is 18.7 Å². The molecule has 0 radical (unpaired) electrons. The Morgan fingerprint density at radius 3 is 2.35 bits per heavy atom. The summed E-state index contributed by atoms with van der Waals surface area (Å²) in [6.45, 7) is 9.48. The van der Waals surface area contributed by atoms with E-state index in [1.165, 1.54) is 5.56 Å². The number of benzene rings is 2. The number of morpholine rings is 1. The summed E-state index contributed by atoms with van der Waals surface area (Å²) in [7, 11) is 0. The molecule has 2 fully saturated rings. The first-order valence-corrected chi connectivity index (χ1v) is 13.0. The van der Waals surface area contributed by atoms with Crippen LogP contribution in [0.15, 0.2) is 48.0 Å². The lowest BCUT2D eigenvalue weighted by Gasteiger charge is -2.29. The van der Waals surface area contributed by atoms with Crippen molar-refractivity contribution >= 4 is 17.4 Å². The van der Waals surface area contributed by atoms with Crippen LogP contribution in [0.3, 0.4) is 0 Å². The Bertz CT molecular complexity index is 1180. The second-order valence-electron chi connectivity index (χ2n) is 9.98. The minimum atomic E-state index is -0.670. The van der Waals surface area contributed by atoms with Gasteiger partial charge in [0.2, 0.25) is 0 Å². The van der Waals surface area contributed by atoms with Gasteiger partial charge in [-0.25, -0.2) is 0 Å². The molecule has 1 N–H and O–H groups in total. The molecule has 5 rings (SSSR count). The number of likely N-dealkylation sites (tertiary alicyclic amines) is 1. The lowest BCUT2D eigenvalue weighted by molar-refractivity contribution is -0.140. The molecule has 3 heterocycles. The highest BCUT2D eigenvalue weighted by atomic mass is 16.6. The fourth-order valence-electron chi connectivity index (χ4n) is 5.16. The molecule has 0 saturated carbocycles. The normalized spacial score (nSPS) is 21.6. The molecule has 196 valence electrons. The quantitative estimate of drug-likeness (QED) is 0.348. The fourth-order valence-corrected chi connectivity index (χ4v) is 5.16. The minimum absolute atomic E-state index is 0.102. The molecule has 2 saturated heterocycles. The number of ketones is 1. The smallest absolute Gasteiger partial charge is 0.295 e. The molecular formula is C29H34N2O6. The lowest BCUT2D eigenvalue weighted by Crippen LogP contribution is -2.38. The Balaban J connectivity index is 1.49. The number of amides is 1. The SMILES string of the molecule is CC(C)c1ccc(C2C(=C(O)c3ccc4c(c3)OCCO4)C(=O)C(=O)N2CCCN2CCOCC2)cc1. The van der Waals surface area contributed by atoms with Crippen molar-refractivity contribution in [1.82, 2.24) is 9.80 Å². The topological polar surface area (TPSA) is 88.5 Å². The molecule has 8 nitrogen and oxygen atoms in total. The molecular weight excluding hydrogens is 472 g/mol. The number of hydrogen-bond acceptors (Lipinski definition) is 7. The van der Waals surface area contributed by atoms with E-state index >= 15 is 0 Å². The molecule has 3 aliphatic rings. The summed E-state index contributed by atoms with van der Waals surface area (Å²) in [5, 5.41) is 11.4. The van der Waals surface area contributed by atoms with Crippen molar-refractivity contribution < 1.29 is 28.9 Å². The number of rotatable bonds is 7. The number of nitrogens with zero attached hydrogens (tertiary/aromatic N) is 2. The highest BCUT2D eigenvalue weighted by Crippen LogP contribution is 2.41. The second-order valence-corrected chi connectivity index (χ2v) is 9.98. The third-order valence-electron chi connectivity index (χ3n) is 7.25. The summed E-state index contributed by atoms with van der Waals surface area (Å²) in [6, 6.07) is 12.4. The summed E-state index contributed by atoms with van der Waals surface area (Å²) in [6.07, 6.45) is 0.720. The Morgan fingerprint density at radius 2 is 1.65 bits per heavy atom. The first-order valence-electron chi connectivity index (χ1n) is 13.0. The molecule has 2 aromatic carbocycles. The Kier molecular flexibility index (Phi) is 7.48. The van der Waals surface area contributed by atoms with E-state index in [-0.39, 0.29) is 11.3 Å². The molecule has 1 atom stereocenters. The van der Waals surface area contributed by atoms with Gasteiger partial charge in [0.25, 0.3) is 11.7 Å². The third kappa shape index (κ3) is 5.22. The van der Waals surface area contributed by atoms with Crippen LogP contribution in [0.25, 0.3) is 5.76 Å². The molecule has 2 aromatic rings. The molecule has 0 bridgehead atoms. The van der Waals surface area contributed by atoms with E-state index in [0.717, 1.165) is 31.6 Å². The van der Waals surface area contributed by atoms with E-state index in [1.807, 2.05) is 24.3 Å². The fraction of sp³-hybridized carbons (Fsp3) is 0.448. The van der Waals surface area contributed by atoms with Gasteiger partial charge in [0.15, 0.2) is 11.5 Å². The second kappa shape index (κ2) is 10.9. The zero-order valence-electron chi connectivity index (χ0n) is 21.4. The van der Waals surface area contributed by atoms with Gasteiger partial charge in [-0.15, -0.1) is 0 Å². The maximum atomic E-state index is 13.4. The van der Waals surface area contributed by atoms with Crippen LogP contribution < -0.4 is 9.47 Å². The predicted molar refractivity (Wildman–Crippen MR) is 139 cm³/mol. The zero-order chi connectivity index (χ0) is 25.9. The van der Waals surface area contributed by atoms with Crippen LogP contribution in [-0.2, 0) is 14.3 Å². The van der Waals surface area contributed by atoms with Gasteiger partial charge in [-0.05, 0) is 41.7 Å². The Labute approximate surface area is 217 Å². The summed E-state index contributed by atoms with van der Waals surface area (Å²) < 4.78 is 16.7. The van der Waals surface area contributed by atoms with Gasteiger partial charge in [0.05, 0.1) is 24.8 Å². The Hall–Kier alpha value is -3.36. The minimum Gasteiger partial charge on any atom is -0.507 e. The van der Waals surface area contributed by atoms with Crippen molar-refractivity contribution in [3.05, 3.63) is 64.7 Å². The highest BCUT2D eigenvalue weighted by Gasteiger charge is 2.46. The molecule has 1 unspecified atom stereocenters. The third-order valence-corrected chi connectivity index (χ3v) is 7.25. The molecule has 0 aliphatic carbocycles. The number of Topliss-reactive ketones (excluding diaryl/α,β-unsaturated/α-hetero) is 1. The average molecular weight is 507 g/mol. The summed E-state index contributed by atoms with van der Waals surface area (Å²) in [4.78, 5) is 30.5. The molecule has 37 heavy (non-hydrogen) atoms. The monoisotopic (exact) mass is 506 g/mol. The molecule has 1 amide bonds. The van der Waals surface area contributed by atoms with Crippen molar-refractivity contribution in [3.63, 3.8) is 0 Å². The van der Waals surface area contributed by atoms with Gasteiger partial charge < -0.3 is 24.2 Å². The van der Waals surface area contributed by atoms with E-state index in [0.29, 0.717) is 56.0 Å².